The Morgan fingerprint density at radius 3 is 2.52 bits per heavy atom. The van der Waals surface area contributed by atoms with Crippen LogP contribution < -0.4 is 11.3 Å². The molecule has 0 spiro atoms. The normalized spacial score (nSPS) is 10.0. The molecule has 0 amide bonds. The molecule has 0 fully saturated rings. The van der Waals surface area contributed by atoms with Crippen LogP contribution in [0.25, 0.3) is 10.8 Å². The Hall–Kier alpha value is -2.11. The highest BCUT2D eigenvalue weighted by Gasteiger charge is 2.11. The van der Waals surface area contributed by atoms with Crippen molar-refractivity contribution in [2.75, 3.05) is 6.54 Å². The number of fused-ring (bicyclic) bond motifs is 1. The third-order valence-electron chi connectivity index (χ3n) is 3.06. The fraction of sp³-hybridized carbons (Fsp3) is 0.312. The Morgan fingerprint density at radius 2 is 1.90 bits per heavy atom. The minimum atomic E-state index is -1.12. The molecule has 0 bridgehead atoms. The van der Waals surface area contributed by atoms with Crippen molar-refractivity contribution >= 4 is 16.7 Å². The number of hydrogen-bond donors (Lipinski definition) is 4. The van der Waals surface area contributed by atoms with Crippen molar-refractivity contribution in [2.45, 2.75) is 26.2 Å². The van der Waals surface area contributed by atoms with Crippen LogP contribution in [0.4, 0.5) is 0 Å². The number of aromatic carboxylic acids is 1. The maximum Gasteiger partial charge on any atom is 0.339 e. The van der Waals surface area contributed by atoms with Crippen LogP contribution in [-0.4, -0.2) is 22.7 Å². The molecular formula is C16H22N2O3. The maximum absolute atomic E-state index is 10.7. The van der Waals surface area contributed by atoms with Crippen molar-refractivity contribution in [1.29, 1.82) is 0 Å². The third kappa shape index (κ3) is 5.06. The molecule has 0 radical (unpaired) electrons. The Balaban J connectivity index is 0.000000270. The highest BCUT2D eigenvalue weighted by Crippen LogP contribution is 2.28. The van der Waals surface area contributed by atoms with Crippen molar-refractivity contribution in [1.82, 2.24) is 5.43 Å². The quantitative estimate of drug-likeness (QED) is 0.386. The second-order valence-corrected chi connectivity index (χ2v) is 4.65. The van der Waals surface area contributed by atoms with Gasteiger partial charge in [0, 0.05) is 11.9 Å². The van der Waals surface area contributed by atoms with Gasteiger partial charge in [0.05, 0.1) is 0 Å². The molecular weight excluding hydrogens is 268 g/mol. The highest BCUT2D eigenvalue weighted by molar-refractivity contribution is 6.00. The first-order valence-electron chi connectivity index (χ1n) is 6.99. The van der Waals surface area contributed by atoms with Crippen LogP contribution >= 0.6 is 0 Å². The summed E-state index contributed by atoms with van der Waals surface area (Å²) in [5.41, 5.74) is 2.54. The number of benzene rings is 2. The van der Waals surface area contributed by atoms with Gasteiger partial charge in [-0.15, -0.1) is 0 Å². The number of carboxylic acids is 1. The number of aromatic hydroxyl groups is 1. The molecule has 5 heteroatoms. The average Bonchev–Trinajstić information content (AvgIpc) is 2.49. The molecule has 0 aliphatic carbocycles. The molecule has 0 aliphatic rings. The van der Waals surface area contributed by atoms with E-state index in [9.17, 15) is 9.90 Å². The van der Waals surface area contributed by atoms with E-state index in [0.29, 0.717) is 5.39 Å². The predicted octanol–water partition coefficient (Wildman–Crippen LogP) is 2.88. The summed E-state index contributed by atoms with van der Waals surface area (Å²) in [5.74, 6) is 3.73. The van der Waals surface area contributed by atoms with Gasteiger partial charge in [0.1, 0.15) is 11.3 Å². The molecule has 0 heterocycles. The molecule has 2 aromatic rings. The molecule has 2 rings (SSSR count). The van der Waals surface area contributed by atoms with E-state index in [1.807, 2.05) is 12.1 Å². The number of rotatable bonds is 5. The summed E-state index contributed by atoms with van der Waals surface area (Å²) in [4.78, 5) is 10.7. The van der Waals surface area contributed by atoms with Gasteiger partial charge in [-0.05, 0) is 17.9 Å². The van der Waals surface area contributed by atoms with Crippen molar-refractivity contribution in [2.24, 2.45) is 5.84 Å². The standard InChI is InChI=1S/C11H8O3.C5H14N2/c12-10-8-4-2-1-3-7(8)5-6-9(10)11(13)14;1-2-3-4-5-7-6/h1-6,12H,(H,13,14);7H,2-6H2,1H3. The number of nitrogens with one attached hydrogen (secondary N) is 1. The minimum absolute atomic E-state index is 0.0660. The molecule has 5 N–H and O–H groups in total. The molecule has 0 saturated carbocycles. The summed E-state index contributed by atoms with van der Waals surface area (Å²) in [5, 5.41) is 19.8. The molecule has 0 saturated heterocycles. The first-order valence-corrected chi connectivity index (χ1v) is 6.99. The molecule has 0 atom stereocenters. The van der Waals surface area contributed by atoms with Crippen LogP contribution in [0, 0.1) is 0 Å². The van der Waals surface area contributed by atoms with E-state index in [1.54, 1.807) is 18.2 Å². The zero-order chi connectivity index (χ0) is 15.7. The monoisotopic (exact) mass is 290 g/mol. The van der Waals surface area contributed by atoms with Gasteiger partial charge in [0.2, 0.25) is 0 Å². The largest absolute Gasteiger partial charge is 0.506 e. The highest BCUT2D eigenvalue weighted by atomic mass is 16.4. The number of nitrogens with two attached hydrogens (primary N) is 1. The number of hydrogen-bond acceptors (Lipinski definition) is 4. The van der Waals surface area contributed by atoms with Crippen molar-refractivity contribution < 1.29 is 15.0 Å². The molecule has 21 heavy (non-hydrogen) atoms. The van der Waals surface area contributed by atoms with E-state index >= 15 is 0 Å². The Labute approximate surface area is 124 Å². The van der Waals surface area contributed by atoms with E-state index in [1.165, 1.54) is 25.3 Å². The summed E-state index contributed by atoms with van der Waals surface area (Å²) in [7, 11) is 0. The lowest BCUT2D eigenvalue weighted by Gasteiger charge is -2.03. The van der Waals surface area contributed by atoms with E-state index in [-0.39, 0.29) is 11.3 Å². The molecule has 2 aromatic carbocycles. The van der Waals surface area contributed by atoms with E-state index < -0.39 is 5.97 Å². The Kier molecular flexibility index (Phi) is 7.21. The summed E-state index contributed by atoms with van der Waals surface area (Å²) < 4.78 is 0. The maximum atomic E-state index is 10.7. The summed E-state index contributed by atoms with van der Waals surface area (Å²) in [6, 6.07) is 10.2. The Bertz CT molecular complexity index is 581. The van der Waals surface area contributed by atoms with E-state index in [2.05, 4.69) is 12.3 Å². The second kappa shape index (κ2) is 8.94. The SMILES string of the molecule is CCCCCNN.O=C(O)c1ccc2ccccc2c1O. The van der Waals surface area contributed by atoms with Gasteiger partial charge in [-0.2, -0.15) is 0 Å². The van der Waals surface area contributed by atoms with Gasteiger partial charge >= 0.3 is 5.97 Å². The van der Waals surface area contributed by atoms with Crippen LogP contribution in [0.3, 0.4) is 0 Å². The number of phenols is 1. The predicted molar refractivity (Wildman–Crippen MR) is 84.3 cm³/mol. The van der Waals surface area contributed by atoms with Gasteiger partial charge in [-0.3, -0.25) is 11.3 Å². The first-order chi connectivity index (χ1) is 10.1. The van der Waals surface area contributed by atoms with Gasteiger partial charge < -0.3 is 10.2 Å². The summed E-state index contributed by atoms with van der Waals surface area (Å²) in [6.07, 6.45) is 3.75. The number of hydrazine groups is 1. The Morgan fingerprint density at radius 1 is 1.19 bits per heavy atom. The minimum Gasteiger partial charge on any atom is -0.506 e. The second-order valence-electron chi connectivity index (χ2n) is 4.65. The zero-order valence-corrected chi connectivity index (χ0v) is 12.2. The fourth-order valence-electron chi connectivity index (χ4n) is 1.90. The van der Waals surface area contributed by atoms with Gasteiger partial charge in [0.15, 0.2) is 0 Å². The van der Waals surface area contributed by atoms with Crippen molar-refractivity contribution in [3.05, 3.63) is 42.0 Å². The van der Waals surface area contributed by atoms with Crippen LogP contribution in [0.1, 0.15) is 36.5 Å². The molecule has 0 aromatic heterocycles. The lowest BCUT2D eigenvalue weighted by molar-refractivity contribution is 0.0694. The topological polar surface area (TPSA) is 95.6 Å². The lowest BCUT2D eigenvalue weighted by atomic mass is 10.1. The summed E-state index contributed by atoms with van der Waals surface area (Å²) in [6.45, 7) is 3.13. The lowest BCUT2D eigenvalue weighted by Crippen LogP contribution is -2.22. The smallest absolute Gasteiger partial charge is 0.339 e. The molecule has 0 aliphatic heterocycles. The fourth-order valence-corrected chi connectivity index (χ4v) is 1.90. The molecule has 0 unspecified atom stereocenters. The van der Waals surface area contributed by atoms with E-state index in [0.717, 1.165) is 11.9 Å². The summed E-state index contributed by atoms with van der Waals surface area (Å²) >= 11 is 0. The number of carbonyl (C=O) groups is 1. The van der Waals surface area contributed by atoms with Crippen LogP contribution in [0.2, 0.25) is 0 Å². The number of unbranched alkanes of at least 4 members (excludes halogenated alkanes) is 2. The first kappa shape index (κ1) is 16.9. The molecule has 5 nitrogen and oxygen atoms in total. The van der Waals surface area contributed by atoms with Crippen LogP contribution in [0.5, 0.6) is 5.75 Å². The third-order valence-corrected chi connectivity index (χ3v) is 3.06. The zero-order valence-electron chi connectivity index (χ0n) is 12.2. The molecule has 114 valence electrons. The van der Waals surface area contributed by atoms with Crippen LogP contribution in [0.15, 0.2) is 36.4 Å². The van der Waals surface area contributed by atoms with Crippen molar-refractivity contribution in [3.8, 4) is 5.75 Å². The van der Waals surface area contributed by atoms with Crippen molar-refractivity contribution in [3.63, 3.8) is 0 Å². The van der Waals surface area contributed by atoms with Crippen LogP contribution in [-0.2, 0) is 0 Å². The van der Waals surface area contributed by atoms with Gasteiger partial charge in [-0.1, -0.05) is 50.1 Å². The average molecular weight is 290 g/mol. The van der Waals surface area contributed by atoms with E-state index in [4.69, 9.17) is 10.9 Å². The number of carboxylic acid groups (broad SMARTS) is 1. The van der Waals surface area contributed by atoms with Gasteiger partial charge in [0.25, 0.3) is 0 Å². The van der Waals surface area contributed by atoms with Gasteiger partial charge in [-0.25, -0.2) is 4.79 Å².